The molecule has 2 fully saturated rings. The summed E-state index contributed by atoms with van der Waals surface area (Å²) in [4.78, 5) is 13.6. The van der Waals surface area contributed by atoms with Gasteiger partial charge < -0.3 is 9.64 Å². The summed E-state index contributed by atoms with van der Waals surface area (Å²) in [6.07, 6.45) is 0.869. The van der Waals surface area contributed by atoms with Gasteiger partial charge in [-0.1, -0.05) is 54.1 Å². The molecule has 108 valence electrons. The van der Waals surface area contributed by atoms with E-state index in [1.165, 1.54) is 16.3 Å². The highest BCUT2D eigenvalue weighted by Crippen LogP contribution is 2.59. The Balaban J connectivity index is 1.63. The molecule has 1 saturated carbocycles. The fourth-order valence-electron chi connectivity index (χ4n) is 3.71. The Kier molecular flexibility index (Phi) is 2.86. The highest BCUT2D eigenvalue weighted by molar-refractivity contribution is 6.17. The van der Waals surface area contributed by atoms with Gasteiger partial charge in [0.1, 0.15) is 0 Å². The smallest absolute Gasteiger partial charge is 0.411 e. The van der Waals surface area contributed by atoms with Crippen LogP contribution in [-0.4, -0.2) is 30.1 Å². The van der Waals surface area contributed by atoms with Crippen LogP contribution in [0.5, 0.6) is 0 Å². The summed E-state index contributed by atoms with van der Waals surface area (Å²) in [5.41, 5.74) is 1.47. The summed E-state index contributed by atoms with van der Waals surface area (Å²) >= 11 is 5.47. The topological polar surface area (TPSA) is 29.5 Å². The van der Waals surface area contributed by atoms with Crippen molar-refractivity contribution in [1.29, 1.82) is 0 Å². The van der Waals surface area contributed by atoms with Crippen LogP contribution >= 0.6 is 11.6 Å². The lowest BCUT2D eigenvalue weighted by atomic mass is 9.93. The molecule has 0 spiro atoms. The van der Waals surface area contributed by atoms with Crippen molar-refractivity contribution < 1.29 is 9.53 Å². The molecule has 0 aromatic heterocycles. The Morgan fingerprint density at radius 1 is 1.29 bits per heavy atom. The third-order valence-electron chi connectivity index (χ3n) is 4.91. The van der Waals surface area contributed by atoms with Gasteiger partial charge >= 0.3 is 6.09 Å². The van der Waals surface area contributed by atoms with Crippen molar-refractivity contribution in [3.63, 3.8) is 0 Å². The Morgan fingerprint density at radius 2 is 2.10 bits per heavy atom. The lowest BCUT2D eigenvalue weighted by Gasteiger charge is -2.20. The van der Waals surface area contributed by atoms with E-state index in [2.05, 4.69) is 42.5 Å². The minimum Gasteiger partial charge on any atom is -0.433 e. The molecule has 21 heavy (non-hydrogen) atoms. The van der Waals surface area contributed by atoms with Gasteiger partial charge in [0, 0.05) is 18.5 Å². The Labute approximate surface area is 128 Å². The molecule has 2 aliphatic rings. The average molecular weight is 302 g/mol. The van der Waals surface area contributed by atoms with Crippen LogP contribution in [0.1, 0.15) is 12.0 Å². The molecule has 1 heterocycles. The molecule has 0 radical (unpaired) electrons. The number of rotatable bonds is 2. The van der Waals surface area contributed by atoms with Crippen LogP contribution in [0.15, 0.2) is 42.5 Å². The van der Waals surface area contributed by atoms with Crippen molar-refractivity contribution in [1.82, 2.24) is 4.90 Å². The van der Waals surface area contributed by atoms with Gasteiger partial charge in [-0.3, -0.25) is 0 Å². The number of halogens is 1. The zero-order valence-corrected chi connectivity index (χ0v) is 12.3. The first-order valence-electron chi connectivity index (χ1n) is 7.20. The van der Waals surface area contributed by atoms with Crippen LogP contribution in [-0.2, 0) is 10.2 Å². The molecule has 0 unspecified atom stereocenters. The minimum atomic E-state index is -0.294. The molecular weight excluding hydrogens is 286 g/mol. The van der Waals surface area contributed by atoms with Crippen LogP contribution in [0.4, 0.5) is 4.79 Å². The number of ether oxygens (including phenoxy) is 1. The number of carbonyl (C=O) groups excluding carboxylic acids is 1. The van der Waals surface area contributed by atoms with Gasteiger partial charge in [-0.25, -0.2) is 4.79 Å². The number of piperidine rings is 1. The van der Waals surface area contributed by atoms with Gasteiger partial charge in [-0.15, -0.1) is 0 Å². The van der Waals surface area contributed by atoms with E-state index in [0.29, 0.717) is 5.92 Å². The number of fused-ring (bicyclic) bond motifs is 2. The van der Waals surface area contributed by atoms with E-state index < -0.39 is 0 Å². The van der Waals surface area contributed by atoms with Crippen molar-refractivity contribution in [2.24, 2.45) is 5.92 Å². The zero-order valence-electron chi connectivity index (χ0n) is 11.6. The molecule has 0 N–H and O–H groups in total. The first-order valence-corrected chi connectivity index (χ1v) is 7.73. The quantitative estimate of drug-likeness (QED) is 0.791. The second kappa shape index (κ2) is 4.63. The van der Waals surface area contributed by atoms with Gasteiger partial charge in [0.05, 0.1) is 0 Å². The number of alkyl halides is 1. The normalized spacial score (nSPS) is 26.7. The number of hydrogen-bond donors (Lipinski definition) is 0. The van der Waals surface area contributed by atoms with Crippen molar-refractivity contribution in [3.05, 3.63) is 48.0 Å². The predicted octanol–water partition coefficient (Wildman–Crippen LogP) is 3.75. The standard InChI is InChI=1S/C17H16ClNO2/c18-11-21-16(20)19-9-15-8-17(15,10-19)14-6-5-12-3-1-2-4-13(12)7-14/h1-7,15H,8-11H2/t15-,17+/m1/s1. The largest absolute Gasteiger partial charge is 0.433 e. The third-order valence-corrected chi connectivity index (χ3v) is 5.02. The lowest BCUT2D eigenvalue weighted by Crippen LogP contribution is -2.33. The second-order valence-corrected chi connectivity index (χ2v) is 6.24. The van der Waals surface area contributed by atoms with Crippen LogP contribution in [0.2, 0.25) is 0 Å². The molecule has 1 aliphatic carbocycles. The fraction of sp³-hybridized carbons (Fsp3) is 0.353. The maximum absolute atomic E-state index is 11.8. The van der Waals surface area contributed by atoms with Gasteiger partial charge in [-0.2, -0.15) is 0 Å². The third kappa shape index (κ3) is 1.99. The van der Waals surface area contributed by atoms with E-state index in [4.69, 9.17) is 16.3 Å². The first kappa shape index (κ1) is 13.0. The molecule has 3 nitrogen and oxygen atoms in total. The first-order chi connectivity index (χ1) is 10.2. The summed E-state index contributed by atoms with van der Waals surface area (Å²) in [5.74, 6) is 0.557. The fourth-order valence-corrected chi connectivity index (χ4v) is 3.80. The molecule has 2 aromatic rings. The summed E-state index contributed by atoms with van der Waals surface area (Å²) < 4.78 is 4.90. The molecular formula is C17H16ClNO2. The maximum Gasteiger partial charge on any atom is 0.411 e. The second-order valence-electron chi connectivity index (χ2n) is 6.02. The van der Waals surface area contributed by atoms with Crippen LogP contribution in [0.3, 0.4) is 0 Å². The maximum atomic E-state index is 11.8. The molecule has 4 heteroatoms. The van der Waals surface area contributed by atoms with E-state index in [1.807, 2.05) is 0 Å². The number of amides is 1. The molecule has 2 atom stereocenters. The number of likely N-dealkylation sites (tertiary alicyclic amines) is 1. The van der Waals surface area contributed by atoms with Gasteiger partial charge in [0.2, 0.25) is 0 Å². The van der Waals surface area contributed by atoms with Crippen LogP contribution < -0.4 is 0 Å². The van der Waals surface area contributed by atoms with Gasteiger partial charge in [-0.05, 0) is 28.7 Å². The summed E-state index contributed by atoms with van der Waals surface area (Å²) in [7, 11) is 0. The van der Waals surface area contributed by atoms with Crippen LogP contribution in [0.25, 0.3) is 10.8 Å². The predicted molar refractivity (Wildman–Crippen MR) is 82.5 cm³/mol. The SMILES string of the molecule is O=C(OCCl)N1C[C@H]2C[C@@]2(c2ccc3ccccc3c2)C1. The van der Waals surface area contributed by atoms with Crippen molar-refractivity contribution in [3.8, 4) is 0 Å². The van der Waals surface area contributed by atoms with Crippen molar-refractivity contribution in [2.75, 3.05) is 19.2 Å². The number of carbonyl (C=O) groups is 1. The zero-order chi connectivity index (χ0) is 14.4. The van der Waals surface area contributed by atoms with Crippen LogP contribution in [0, 0.1) is 5.92 Å². The Hall–Kier alpha value is -1.74. The van der Waals surface area contributed by atoms with E-state index in [1.54, 1.807) is 4.90 Å². The van der Waals surface area contributed by atoms with Gasteiger partial charge in [0.15, 0.2) is 6.07 Å². The van der Waals surface area contributed by atoms with Crippen molar-refractivity contribution in [2.45, 2.75) is 11.8 Å². The summed E-state index contributed by atoms with van der Waals surface area (Å²) in [6.45, 7) is 1.52. The molecule has 0 bridgehead atoms. The lowest BCUT2D eigenvalue weighted by molar-refractivity contribution is 0.122. The minimum absolute atomic E-state index is 0.0804. The molecule has 1 saturated heterocycles. The van der Waals surface area contributed by atoms with E-state index in [0.717, 1.165) is 19.5 Å². The number of hydrogen-bond acceptors (Lipinski definition) is 2. The highest BCUT2D eigenvalue weighted by Gasteiger charge is 2.61. The molecule has 1 aliphatic heterocycles. The van der Waals surface area contributed by atoms with E-state index in [9.17, 15) is 4.79 Å². The van der Waals surface area contributed by atoms with E-state index in [-0.39, 0.29) is 17.6 Å². The Morgan fingerprint density at radius 3 is 2.90 bits per heavy atom. The molecule has 2 aromatic carbocycles. The van der Waals surface area contributed by atoms with Crippen molar-refractivity contribution >= 4 is 28.5 Å². The number of nitrogens with zero attached hydrogens (tertiary/aromatic N) is 1. The Bertz CT molecular complexity index is 717. The van der Waals surface area contributed by atoms with E-state index >= 15 is 0 Å². The average Bonchev–Trinajstić information content (AvgIpc) is 3.09. The molecule has 1 amide bonds. The molecule has 4 rings (SSSR count). The monoisotopic (exact) mass is 301 g/mol. The summed E-state index contributed by atoms with van der Waals surface area (Å²) in [5, 5.41) is 2.52. The highest BCUT2D eigenvalue weighted by atomic mass is 35.5. The number of benzene rings is 2. The van der Waals surface area contributed by atoms with Gasteiger partial charge in [0.25, 0.3) is 0 Å². The summed E-state index contributed by atoms with van der Waals surface area (Å²) in [6, 6.07) is 15.0.